The molecule has 0 bridgehead atoms. The van der Waals surface area contributed by atoms with Crippen LogP contribution in [0.25, 0.3) is 11.0 Å². The van der Waals surface area contributed by atoms with Gasteiger partial charge in [0, 0.05) is 12.7 Å². The second-order valence-corrected chi connectivity index (χ2v) is 4.37. The Kier molecular flexibility index (Phi) is 2.94. The molecule has 1 unspecified atom stereocenters. The highest BCUT2D eigenvalue weighted by atomic mass is 14.8. The standard InChI is InChI=1S/C12H18N4/c1-7(2)8-6-15-11-4-3-10(9(14)5-13)16-12(8)11/h3-4,6-7,9,15H,5,13-14H2,1-2H3. The lowest BCUT2D eigenvalue weighted by atomic mass is 10.1. The molecule has 0 aliphatic carbocycles. The van der Waals surface area contributed by atoms with Crippen LogP contribution >= 0.6 is 0 Å². The van der Waals surface area contributed by atoms with Gasteiger partial charge in [0.05, 0.1) is 22.8 Å². The van der Waals surface area contributed by atoms with E-state index in [2.05, 4.69) is 23.8 Å². The van der Waals surface area contributed by atoms with Crippen LogP contribution in [-0.2, 0) is 0 Å². The van der Waals surface area contributed by atoms with Gasteiger partial charge in [0.1, 0.15) is 0 Å². The smallest absolute Gasteiger partial charge is 0.0917 e. The van der Waals surface area contributed by atoms with E-state index in [4.69, 9.17) is 11.5 Å². The molecule has 0 radical (unpaired) electrons. The zero-order valence-corrected chi connectivity index (χ0v) is 9.70. The van der Waals surface area contributed by atoms with E-state index < -0.39 is 0 Å². The Labute approximate surface area is 95.0 Å². The summed E-state index contributed by atoms with van der Waals surface area (Å²) >= 11 is 0. The van der Waals surface area contributed by atoms with Gasteiger partial charge in [0.2, 0.25) is 0 Å². The van der Waals surface area contributed by atoms with Crippen molar-refractivity contribution in [3.8, 4) is 0 Å². The highest BCUT2D eigenvalue weighted by Gasteiger charge is 2.11. The van der Waals surface area contributed by atoms with E-state index in [9.17, 15) is 0 Å². The van der Waals surface area contributed by atoms with Crippen molar-refractivity contribution in [2.24, 2.45) is 11.5 Å². The van der Waals surface area contributed by atoms with Crippen molar-refractivity contribution in [3.63, 3.8) is 0 Å². The molecule has 0 saturated carbocycles. The first-order chi connectivity index (χ1) is 7.63. The quantitative estimate of drug-likeness (QED) is 0.732. The average molecular weight is 218 g/mol. The van der Waals surface area contributed by atoms with Crippen LogP contribution in [-0.4, -0.2) is 16.5 Å². The molecule has 2 rings (SSSR count). The minimum absolute atomic E-state index is 0.181. The number of hydrogen-bond donors (Lipinski definition) is 3. The summed E-state index contributed by atoms with van der Waals surface area (Å²) in [6.07, 6.45) is 2.01. The van der Waals surface area contributed by atoms with Gasteiger partial charge in [-0.1, -0.05) is 13.8 Å². The molecule has 2 heterocycles. The van der Waals surface area contributed by atoms with Gasteiger partial charge < -0.3 is 16.5 Å². The summed E-state index contributed by atoms with van der Waals surface area (Å²) in [5, 5.41) is 0. The molecule has 2 aromatic rings. The Morgan fingerprint density at radius 1 is 1.38 bits per heavy atom. The maximum atomic E-state index is 5.88. The van der Waals surface area contributed by atoms with Crippen molar-refractivity contribution in [1.82, 2.24) is 9.97 Å². The molecule has 1 atom stereocenters. The fraction of sp³-hybridized carbons (Fsp3) is 0.417. The summed E-state index contributed by atoms with van der Waals surface area (Å²) in [5.74, 6) is 0.450. The van der Waals surface area contributed by atoms with Gasteiger partial charge >= 0.3 is 0 Å². The lowest BCUT2D eigenvalue weighted by molar-refractivity contribution is 0.714. The van der Waals surface area contributed by atoms with E-state index in [0.717, 1.165) is 16.7 Å². The van der Waals surface area contributed by atoms with Gasteiger partial charge in [-0.25, -0.2) is 4.98 Å². The third-order valence-electron chi connectivity index (χ3n) is 2.83. The summed E-state index contributed by atoms with van der Waals surface area (Å²) < 4.78 is 0. The number of rotatable bonds is 3. The van der Waals surface area contributed by atoms with Crippen LogP contribution in [0, 0.1) is 0 Å². The van der Waals surface area contributed by atoms with Gasteiger partial charge in [0.15, 0.2) is 0 Å². The zero-order chi connectivity index (χ0) is 11.7. The Morgan fingerprint density at radius 3 is 2.75 bits per heavy atom. The topological polar surface area (TPSA) is 80.7 Å². The molecule has 4 heteroatoms. The van der Waals surface area contributed by atoms with E-state index >= 15 is 0 Å². The predicted octanol–water partition coefficient (Wildman–Crippen LogP) is 1.64. The molecule has 0 amide bonds. The number of H-pyrrole nitrogens is 1. The van der Waals surface area contributed by atoms with Crippen molar-refractivity contribution < 1.29 is 0 Å². The van der Waals surface area contributed by atoms with Crippen molar-refractivity contribution in [3.05, 3.63) is 29.6 Å². The summed E-state index contributed by atoms with van der Waals surface area (Å²) in [7, 11) is 0. The van der Waals surface area contributed by atoms with Gasteiger partial charge in [-0.2, -0.15) is 0 Å². The number of pyridine rings is 1. The molecule has 5 N–H and O–H groups in total. The van der Waals surface area contributed by atoms with Crippen molar-refractivity contribution in [1.29, 1.82) is 0 Å². The maximum Gasteiger partial charge on any atom is 0.0917 e. The monoisotopic (exact) mass is 218 g/mol. The summed E-state index contributed by atoms with van der Waals surface area (Å²) in [4.78, 5) is 7.81. The number of nitrogens with two attached hydrogens (primary N) is 2. The van der Waals surface area contributed by atoms with E-state index in [1.807, 2.05) is 18.3 Å². The SMILES string of the molecule is CC(C)c1c[nH]c2ccc(C(N)CN)nc12. The van der Waals surface area contributed by atoms with E-state index in [1.54, 1.807) is 0 Å². The van der Waals surface area contributed by atoms with Crippen LogP contribution in [0.4, 0.5) is 0 Å². The first kappa shape index (κ1) is 11.1. The van der Waals surface area contributed by atoms with E-state index in [0.29, 0.717) is 12.5 Å². The largest absolute Gasteiger partial charge is 0.360 e. The number of aromatic amines is 1. The minimum atomic E-state index is -0.181. The van der Waals surface area contributed by atoms with Crippen LogP contribution in [0.3, 0.4) is 0 Å². The van der Waals surface area contributed by atoms with Gasteiger partial charge in [-0.05, 0) is 23.6 Å². The van der Waals surface area contributed by atoms with Gasteiger partial charge in [0.25, 0.3) is 0 Å². The average Bonchev–Trinajstić information content (AvgIpc) is 2.70. The van der Waals surface area contributed by atoms with Crippen molar-refractivity contribution in [2.75, 3.05) is 6.54 Å². The Morgan fingerprint density at radius 2 is 2.12 bits per heavy atom. The van der Waals surface area contributed by atoms with Crippen LogP contribution < -0.4 is 11.5 Å². The number of fused-ring (bicyclic) bond motifs is 1. The molecule has 86 valence electrons. The highest BCUT2D eigenvalue weighted by molar-refractivity contribution is 5.79. The second kappa shape index (κ2) is 4.23. The zero-order valence-electron chi connectivity index (χ0n) is 9.70. The molecule has 16 heavy (non-hydrogen) atoms. The number of hydrogen-bond acceptors (Lipinski definition) is 3. The molecule has 0 aliphatic heterocycles. The molecule has 0 saturated heterocycles. The predicted molar refractivity (Wildman–Crippen MR) is 66.2 cm³/mol. The van der Waals surface area contributed by atoms with Crippen molar-refractivity contribution >= 4 is 11.0 Å². The number of nitrogens with one attached hydrogen (secondary N) is 1. The Bertz CT molecular complexity index is 487. The lowest BCUT2D eigenvalue weighted by Gasteiger charge is -2.09. The normalized spacial score (nSPS) is 13.6. The third-order valence-corrected chi connectivity index (χ3v) is 2.83. The molecule has 2 aromatic heterocycles. The highest BCUT2D eigenvalue weighted by Crippen LogP contribution is 2.24. The number of nitrogens with zero attached hydrogens (tertiary/aromatic N) is 1. The first-order valence-corrected chi connectivity index (χ1v) is 5.57. The molecule has 0 aromatic carbocycles. The summed E-state index contributed by atoms with van der Waals surface area (Å²) in [5.41, 5.74) is 15.6. The Hall–Kier alpha value is -1.39. The molecular formula is C12H18N4. The maximum absolute atomic E-state index is 5.88. The molecule has 0 aliphatic rings. The second-order valence-electron chi connectivity index (χ2n) is 4.37. The fourth-order valence-electron chi connectivity index (χ4n) is 1.80. The summed E-state index contributed by atoms with van der Waals surface area (Å²) in [6.45, 7) is 4.72. The van der Waals surface area contributed by atoms with Gasteiger partial charge in [-0.3, -0.25) is 0 Å². The molecule has 4 nitrogen and oxygen atoms in total. The van der Waals surface area contributed by atoms with Crippen LogP contribution in [0.1, 0.15) is 37.1 Å². The van der Waals surface area contributed by atoms with Gasteiger partial charge in [-0.15, -0.1) is 0 Å². The van der Waals surface area contributed by atoms with E-state index in [1.165, 1.54) is 5.56 Å². The molecule has 0 fully saturated rings. The number of aromatic nitrogens is 2. The fourth-order valence-corrected chi connectivity index (χ4v) is 1.80. The Balaban J connectivity index is 2.54. The third kappa shape index (κ3) is 1.81. The van der Waals surface area contributed by atoms with E-state index in [-0.39, 0.29) is 6.04 Å². The van der Waals surface area contributed by atoms with Crippen LogP contribution in [0.2, 0.25) is 0 Å². The summed E-state index contributed by atoms with van der Waals surface area (Å²) in [6, 6.07) is 3.76. The molecular weight excluding hydrogens is 200 g/mol. The minimum Gasteiger partial charge on any atom is -0.360 e. The first-order valence-electron chi connectivity index (χ1n) is 5.57. The van der Waals surface area contributed by atoms with Crippen molar-refractivity contribution in [2.45, 2.75) is 25.8 Å². The molecule has 0 spiro atoms. The van der Waals surface area contributed by atoms with Crippen LogP contribution in [0.5, 0.6) is 0 Å². The van der Waals surface area contributed by atoms with Crippen LogP contribution in [0.15, 0.2) is 18.3 Å². The lowest BCUT2D eigenvalue weighted by Crippen LogP contribution is -2.21.